The molecule has 2 aromatic carbocycles. The molecule has 0 heterocycles. The smallest absolute Gasteiger partial charge is 0.260 e. The summed E-state index contributed by atoms with van der Waals surface area (Å²) in [4.78, 5) is 13.8. The van der Waals surface area contributed by atoms with Gasteiger partial charge in [-0.1, -0.05) is 24.3 Å². The number of hydrogen-bond acceptors (Lipinski definition) is 3. The summed E-state index contributed by atoms with van der Waals surface area (Å²) in [5, 5.41) is 10.3. The minimum Gasteiger partial charge on any atom is -0.497 e. The molecular weight excluding hydrogens is 266 g/mol. The number of carbonyl (C=O) groups is 1. The summed E-state index contributed by atoms with van der Waals surface area (Å²) in [5.41, 5.74) is 2.32. The molecular formula is C17H19NO3. The van der Waals surface area contributed by atoms with Crippen molar-refractivity contribution in [1.82, 2.24) is 0 Å². The van der Waals surface area contributed by atoms with Gasteiger partial charge in [0.25, 0.3) is 5.91 Å². The number of carbonyl (C=O) groups excluding carboxylic acids is 1. The second kappa shape index (κ2) is 6.41. The Labute approximate surface area is 124 Å². The van der Waals surface area contributed by atoms with Crippen LogP contribution in [0, 0.1) is 6.92 Å². The summed E-state index contributed by atoms with van der Waals surface area (Å²) in [6.07, 6.45) is -1.22. The molecule has 0 bridgehead atoms. The number of ether oxygens (including phenoxy) is 1. The van der Waals surface area contributed by atoms with Crippen LogP contribution in [-0.4, -0.2) is 25.2 Å². The summed E-state index contributed by atoms with van der Waals surface area (Å²) in [7, 11) is 3.20. The summed E-state index contributed by atoms with van der Waals surface area (Å²) in [6, 6.07) is 14.5. The lowest BCUT2D eigenvalue weighted by molar-refractivity contribution is -0.126. The van der Waals surface area contributed by atoms with E-state index in [9.17, 15) is 9.90 Å². The van der Waals surface area contributed by atoms with Crippen molar-refractivity contribution in [3.8, 4) is 5.75 Å². The van der Waals surface area contributed by atoms with Crippen LogP contribution in [0.1, 0.15) is 17.2 Å². The van der Waals surface area contributed by atoms with Crippen molar-refractivity contribution in [2.24, 2.45) is 0 Å². The molecule has 0 aliphatic carbocycles. The van der Waals surface area contributed by atoms with Gasteiger partial charge in [-0.25, -0.2) is 0 Å². The third kappa shape index (κ3) is 3.41. The Morgan fingerprint density at radius 2 is 1.90 bits per heavy atom. The molecule has 0 aromatic heterocycles. The van der Waals surface area contributed by atoms with Crippen molar-refractivity contribution in [1.29, 1.82) is 0 Å². The second-order valence-electron chi connectivity index (χ2n) is 4.92. The van der Waals surface area contributed by atoms with Gasteiger partial charge in [-0.2, -0.15) is 0 Å². The number of aliphatic hydroxyl groups excluding tert-OH is 1. The van der Waals surface area contributed by atoms with Crippen molar-refractivity contribution in [2.45, 2.75) is 13.0 Å². The number of anilines is 1. The van der Waals surface area contributed by atoms with Crippen LogP contribution >= 0.6 is 0 Å². The summed E-state index contributed by atoms with van der Waals surface area (Å²) in [6.45, 7) is 1.96. The monoisotopic (exact) mass is 285 g/mol. The van der Waals surface area contributed by atoms with E-state index in [4.69, 9.17) is 4.74 Å². The fraction of sp³-hybridized carbons (Fsp3) is 0.235. The maximum Gasteiger partial charge on any atom is 0.260 e. The quantitative estimate of drug-likeness (QED) is 0.939. The number of hydrogen-bond donors (Lipinski definition) is 1. The van der Waals surface area contributed by atoms with E-state index in [1.165, 1.54) is 4.90 Å². The topological polar surface area (TPSA) is 49.8 Å². The molecule has 1 atom stereocenters. The Balaban J connectivity index is 2.22. The van der Waals surface area contributed by atoms with Gasteiger partial charge in [0.15, 0.2) is 6.10 Å². The highest BCUT2D eigenvalue weighted by atomic mass is 16.5. The van der Waals surface area contributed by atoms with E-state index in [1.54, 1.807) is 38.4 Å². The van der Waals surface area contributed by atoms with E-state index >= 15 is 0 Å². The first-order chi connectivity index (χ1) is 10.0. The van der Waals surface area contributed by atoms with Crippen molar-refractivity contribution in [2.75, 3.05) is 19.1 Å². The molecule has 0 saturated carbocycles. The van der Waals surface area contributed by atoms with Crippen LogP contribution in [0.15, 0.2) is 48.5 Å². The van der Waals surface area contributed by atoms with Gasteiger partial charge in [0.2, 0.25) is 0 Å². The van der Waals surface area contributed by atoms with Gasteiger partial charge in [0.1, 0.15) is 5.75 Å². The van der Waals surface area contributed by atoms with Gasteiger partial charge in [-0.05, 0) is 42.3 Å². The SMILES string of the molecule is COc1cccc(C(O)C(=O)N(C)c2cccc(C)c2)c1. The van der Waals surface area contributed by atoms with Gasteiger partial charge >= 0.3 is 0 Å². The summed E-state index contributed by atoms with van der Waals surface area (Å²) in [5.74, 6) is 0.228. The summed E-state index contributed by atoms with van der Waals surface area (Å²) < 4.78 is 5.11. The molecule has 1 unspecified atom stereocenters. The summed E-state index contributed by atoms with van der Waals surface area (Å²) >= 11 is 0. The van der Waals surface area contributed by atoms with Gasteiger partial charge in [0.05, 0.1) is 7.11 Å². The fourth-order valence-corrected chi connectivity index (χ4v) is 2.10. The average molecular weight is 285 g/mol. The lowest BCUT2D eigenvalue weighted by Gasteiger charge is -2.21. The minimum absolute atomic E-state index is 0.381. The van der Waals surface area contributed by atoms with Crippen molar-refractivity contribution in [3.63, 3.8) is 0 Å². The van der Waals surface area contributed by atoms with Crippen molar-refractivity contribution in [3.05, 3.63) is 59.7 Å². The first kappa shape index (κ1) is 15.1. The molecule has 1 amide bonds. The molecule has 4 heteroatoms. The van der Waals surface area contributed by atoms with Crippen molar-refractivity contribution >= 4 is 11.6 Å². The number of aryl methyl sites for hydroxylation is 1. The van der Waals surface area contributed by atoms with Gasteiger partial charge < -0.3 is 14.7 Å². The van der Waals surface area contributed by atoms with E-state index in [1.807, 2.05) is 31.2 Å². The molecule has 21 heavy (non-hydrogen) atoms. The van der Waals surface area contributed by atoms with Crippen LogP contribution in [0.2, 0.25) is 0 Å². The van der Waals surface area contributed by atoms with E-state index < -0.39 is 6.10 Å². The minimum atomic E-state index is -1.22. The van der Waals surface area contributed by atoms with E-state index in [0.717, 1.165) is 11.3 Å². The fourth-order valence-electron chi connectivity index (χ4n) is 2.10. The zero-order valence-electron chi connectivity index (χ0n) is 12.4. The van der Waals surface area contributed by atoms with Gasteiger partial charge in [-0.15, -0.1) is 0 Å². The van der Waals surface area contributed by atoms with Gasteiger partial charge in [-0.3, -0.25) is 4.79 Å². The van der Waals surface area contributed by atoms with Crippen LogP contribution in [0.4, 0.5) is 5.69 Å². The molecule has 2 aromatic rings. The maximum absolute atomic E-state index is 12.4. The molecule has 2 rings (SSSR count). The zero-order valence-corrected chi connectivity index (χ0v) is 12.4. The number of benzene rings is 2. The Bertz CT molecular complexity index is 639. The predicted molar refractivity (Wildman–Crippen MR) is 82.5 cm³/mol. The van der Waals surface area contributed by atoms with Crippen LogP contribution in [0.3, 0.4) is 0 Å². The Morgan fingerprint density at radius 1 is 1.19 bits per heavy atom. The molecule has 0 radical (unpaired) electrons. The lowest BCUT2D eigenvalue weighted by atomic mass is 10.1. The van der Waals surface area contributed by atoms with Crippen LogP contribution < -0.4 is 9.64 Å². The second-order valence-corrected chi connectivity index (χ2v) is 4.92. The molecule has 0 aliphatic rings. The number of nitrogens with zero attached hydrogens (tertiary/aromatic N) is 1. The molecule has 1 N–H and O–H groups in total. The molecule has 110 valence electrons. The predicted octanol–water partition coefficient (Wildman–Crippen LogP) is 2.70. The number of likely N-dealkylation sites (N-methyl/N-ethyl adjacent to an activating group) is 1. The first-order valence-corrected chi connectivity index (χ1v) is 6.69. The van der Waals surface area contributed by atoms with Gasteiger partial charge in [0, 0.05) is 12.7 Å². The molecule has 0 saturated heterocycles. The molecule has 0 fully saturated rings. The number of rotatable bonds is 4. The van der Waals surface area contributed by atoms with Crippen LogP contribution in [0.5, 0.6) is 5.75 Å². The molecule has 0 aliphatic heterocycles. The third-order valence-corrected chi connectivity index (χ3v) is 3.36. The first-order valence-electron chi connectivity index (χ1n) is 6.69. The lowest BCUT2D eigenvalue weighted by Crippen LogP contribution is -2.31. The standard InChI is InChI=1S/C17H19NO3/c1-12-6-4-8-14(10-12)18(2)17(20)16(19)13-7-5-9-15(11-13)21-3/h4-11,16,19H,1-3H3. The number of methoxy groups -OCH3 is 1. The van der Waals surface area contributed by atoms with E-state index in [-0.39, 0.29) is 5.91 Å². The Kier molecular flexibility index (Phi) is 4.60. The normalized spacial score (nSPS) is 11.8. The van der Waals surface area contributed by atoms with Crippen LogP contribution in [0.25, 0.3) is 0 Å². The highest BCUT2D eigenvalue weighted by molar-refractivity contribution is 5.96. The third-order valence-electron chi connectivity index (χ3n) is 3.36. The maximum atomic E-state index is 12.4. The van der Waals surface area contributed by atoms with Crippen molar-refractivity contribution < 1.29 is 14.6 Å². The molecule has 4 nitrogen and oxygen atoms in total. The van der Waals surface area contributed by atoms with E-state index in [2.05, 4.69) is 0 Å². The highest BCUT2D eigenvalue weighted by Crippen LogP contribution is 2.23. The Hall–Kier alpha value is -2.33. The highest BCUT2D eigenvalue weighted by Gasteiger charge is 2.22. The number of amides is 1. The largest absolute Gasteiger partial charge is 0.497 e. The zero-order chi connectivity index (χ0) is 15.4. The molecule has 0 spiro atoms. The van der Waals surface area contributed by atoms with Crippen LogP contribution in [-0.2, 0) is 4.79 Å². The van der Waals surface area contributed by atoms with E-state index in [0.29, 0.717) is 11.3 Å². The Morgan fingerprint density at radius 3 is 2.57 bits per heavy atom. The average Bonchev–Trinajstić information content (AvgIpc) is 2.52. The number of aliphatic hydroxyl groups is 1.